The Morgan fingerprint density at radius 2 is 2.11 bits per heavy atom. The number of ether oxygens (including phenoxy) is 2. The van der Waals surface area contributed by atoms with Crippen LogP contribution < -0.4 is 10.1 Å². The number of rotatable bonds is 7. The number of carbonyl (C=O) groups excluding carboxylic acids is 1. The Balaban J connectivity index is 1.56. The van der Waals surface area contributed by atoms with Crippen LogP contribution in [0.25, 0.3) is 0 Å². The van der Waals surface area contributed by atoms with Gasteiger partial charge in [-0.3, -0.25) is 9.69 Å². The van der Waals surface area contributed by atoms with Gasteiger partial charge in [-0.15, -0.1) is 0 Å². The molecule has 0 radical (unpaired) electrons. The minimum absolute atomic E-state index is 0.0468. The zero-order valence-corrected chi connectivity index (χ0v) is 17.5. The van der Waals surface area contributed by atoms with E-state index in [0.29, 0.717) is 12.5 Å². The van der Waals surface area contributed by atoms with Gasteiger partial charge < -0.3 is 14.8 Å². The summed E-state index contributed by atoms with van der Waals surface area (Å²) in [6, 6.07) is 8.01. The van der Waals surface area contributed by atoms with E-state index >= 15 is 0 Å². The molecule has 2 aliphatic heterocycles. The highest BCUT2D eigenvalue weighted by Gasteiger charge is 2.41. The molecule has 0 spiro atoms. The van der Waals surface area contributed by atoms with E-state index in [1.54, 1.807) is 0 Å². The van der Waals surface area contributed by atoms with Crippen molar-refractivity contribution in [2.24, 2.45) is 0 Å². The van der Waals surface area contributed by atoms with E-state index in [9.17, 15) is 4.79 Å². The number of hydrogen-bond donors (Lipinski definition) is 1. The molecule has 1 N–H and O–H groups in total. The van der Waals surface area contributed by atoms with Crippen molar-refractivity contribution in [3.63, 3.8) is 0 Å². The maximum Gasteiger partial charge on any atom is 0.260 e. The third-order valence-corrected chi connectivity index (χ3v) is 6.80. The van der Waals surface area contributed by atoms with Gasteiger partial charge in [0.15, 0.2) is 6.10 Å². The number of amides is 1. The number of benzene rings is 1. The van der Waals surface area contributed by atoms with Crippen LogP contribution in [0.15, 0.2) is 24.3 Å². The molecule has 0 aliphatic carbocycles. The number of morpholine rings is 1. The third-order valence-electron chi connectivity index (χ3n) is 5.56. The first kappa shape index (κ1) is 20.5. The van der Waals surface area contributed by atoms with Crippen LogP contribution in [0.2, 0.25) is 0 Å². The lowest BCUT2D eigenvalue weighted by molar-refractivity contribution is -0.128. The molecule has 2 unspecified atom stereocenters. The number of thioether (sulfide) groups is 1. The molecule has 1 amide bonds. The smallest absolute Gasteiger partial charge is 0.260 e. The van der Waals surface area contributed by atoms with Crippen molar-refractivity contribution in [1.29, 1.82) is 0 Å². The van der Waals surface area contributed by atoms with Crippen molar-refractivity contribution in [2.45, 2.75) is 44.8 Å². The second-order valence-corrected chi connectivity index (χ2v) is 8.94. The van der Waals surface area contributed by atoms with E-state index in [0.717, 1.165) is 50.0 Å². The number of nitrogens with one attached hydrogen (secondary N) is 1. The van der Waals surface area contributed by atoms with E-state index in [1.165, 1.54) is 5.56 Å². The molecule has 3 rings (SSSR count). The second kappa shape index (κ2) is 9.30. The van der Waals surface area contributed by atoms with Crippen LogP contribution in [0.3, 0.4) is 0 Å². The van der Waals surface area contributed by atoms with Crippen molar-refractivity contribution < 1.29 is 14.3 Å². The molecule has 27 heavy (non-hydrogen) atoms. The largest absolute Gasteiger partial charge is 0.481 e. The topological polar surface area (TPSA) is 50.8 Å². The normalized spacial score (nSPS) is 24.7. The lowest BCUT2D eigenvalue weighted by Crippen LogP contribution is -2.59. The fourth-order valence-electron chi connectivity index (χ4n) is 3.73. The van der Waals surface area contributed by atoms with Gasteiger partial charge in [0.05, 0.1) is 13.2 Å². The molecule has 5 nitrogen and oxygen atoms in total. The molecule has 2 heterocycles. The van der Waals surface area contributed by atoms with Gasteiger partial charge in [0.25, 0.3) is 5.91 Å². The SMILES string of the molecule is CC(Oc1cccc(C(C)C)c1)C(=O)NCC1(N2CCOCC2)CCSC1. The monoisotopic (exact) mass is 392 g/mol. The first-order valence-electron chi connectivity index (χ1n) is 9.95. The number of carbonyl (C=O) groups is 1. The van der Waals surface area contributed by atoms with Gasteiger partial charge in [-0.25, -0.2) is 0 Å². The molecule has 6 heteroatoms. The van der Waals surface area contributed by atoms with Crippen molar-refractivity contribution in [2.75, 3.05) is 44.4 Å². The van der Waals surface area contributed by atoms with E-state index in [4.69, 9.17) is 9.47 Å². The average Bonchev–Trinajstić information content (AvgIpc) is 3.17. The van der Waals surface area contributed by atoms with Crippen LogP contribution in [0.1, 0.15) is 38.7 Å². The Bertz CT molecular complexity index is 626. The van der Waals surface area contributed by atoms with Gasteiger partial charge in [0, 0.05) is 30.9 Å². The molecule has 1 aromatic carbocycles. The van der Waals surface area contributed by atoms with Crippen LogP contribution in [0, 0.1) is 0 Å². The van der Waals surface area contributed by atoms with Crippen molar-refractivity contribution in [1.82, 2.24) is 10.2 Å². The maximum absolute atomic E-state index is 12.7. The summed E-state index contributed by atoms with van der Waals surface area (Å²) in [5, 5.41) is 3.16. The van der Waals surface area contributed by atoms with Gasteiger partial charge in [0.1, 0.15) is 5.75 Å². The maximum atomic E-state index is 12.7. The van der Waals surface area contributed by atoms with Crippen LogP contribution in [0.4, 0.5) is 0 Å². The number of nitrogens with zero attached hydrogens (tertiary/aromatic N) is 1. The lowest BCUT2D eigenvalue weighted by atomic mass is 9.95. The van der Waals surface area contributed by atoms with Crippen LogP contribution >= 0.6 is 11.8 Å². The Kier molecular flexibility index (Phi) is 7.06. The molecule has 2 saturated heterocycles. The summed E-state index contributed by atoms with van der Waals surface area (Å²) in [5.74, 6) is 3.36. The lowest BCUT2D eigenvalue weighted by Gasteiger charge is -2.43. The zero-order valence-electron chi connectivity index (χ0n) is 16.7. The van der Waals surface area contributed by atoms with Gasteiger partial charge in [0.2, 0.25) is 0 Å². The van der Waals surface area contributed by atoms with Gasteiger partial charge in [-0.05, 0) is 42.7 Å². The Hall–Kier alpha value is -1.24. The van der Waals surface area contributed by atoms with E-state index in [1.807, 2.05) is 36.9 Å². The van der Waals surface area contributed by atoms with Crippen molar-refractivity contribution in [3.8, 4) is 5.75 Å². The molecule has 1 aromatic rings. The first-order valence-corrected chi connectivity index (χ1v) is 11.1. The zero-order chi connectivity index (χ0) is 19.3. The van der Waals surface area contributed by atoms with Crippen molar-refractivity contribution >= 4 is 17.7 Å². The predicted molar refractivity (Wildman–Crippen MR) is 111 cm³/mol. The van der Waals surface area contributed by atoms with Crippen LogP contribution in [0.5, 0.6) is 5.75 Å². The molecule has 0 bridgehead atoms. The molecule has 0 saturated carbocycles. The van der Waals surface area contributed by atoms with Gasteiger partial charge in [-0.1, -0.05) is 26.0 Å². The van der Waals surface area contributed by atoms with Crippen LogP contribution in [-0.2, 0) is 9.53 Å². The van der Waals surface area contributed by atoms with Gasteiger partial charge >= 0.3 is 0 Å². The summed E-state index contributed by atoms with van der Waals surface area (Å²) >= 11 is 1.98. The highest BCUT2D eigenvalue weighted by Crippen LogP contribution is 2.33. The summed E-state index contributed by atoms with van der Waals surface area (Å²) < 4.78 is 11.4. The quantitative estimate of drug-likeness (QED) is 0.773. The highest BCUT2D eigenvalue weighted by atomic mass is 32.2. The van der Waals surface area contributed by atoms with E-state index in [2.05, 4.69) is 30.1 Å². The Morgan fingerprint density at radius 3 is 2.78 bits per heavy atom. The predicted octanol–water partition coefficient (Wildman–Crippen LogP) is 2.90. The van der Waals surface area contributed by atoms with Crippen LogP contribution in [-0.4, -0.2) is 66.8 Å². The van der Waals surface area contributed by atoms with Crippen molar-refractivity contribution in [3.05, 3.63) is 29.8 Å². The molecule has 0 aromatic heterocycles. The minimum atomic E-state index is -0.511. The first-order chi connectivity index (χ1) is 13.0. The molecule has 2 atom stereocenters. The highest BCUT2D eigenvalue weighted by molar-refractivity contribution is 7.99. The molecule has 2 aliphatic rings. The van der Waals surface area contributed by atoms with E-state index < -0.39 is 6.10 Å². The minimum Gasteiger partial charge on any atom is -0.481 e. The summed E-state index contributed by atoms with van der Waals surface area (Å²) in [6.45, 7) is 10.3. The average molecular weight is 393 g/mol. The van der Waals surface area contributed by atoms with Gasteiger partial charge in [-0.2, -0.15) is 11.8 Å². The fourth-order valence-corrected chi connectivity index (χ4v) is 5.21. The van der Waals surface area contributed by atoms with E-state index in [-0.39, 0.29) is 11.4 Å². The Morgan fingerprint density at radius 1 is 1.33 bits per heavy atom. The summed E-state index contributed by atoms with van der Waals surface area (Å²) in [5.41, 5.74) is 1.27. The molecular weight excluding hydrogens is 360 g/mol. The molecule has 2 fully saturated rings. The standard InChI is InChI=1S/C21H32N2O3S/c1-16(2)18-5-4-6-19(13-18)26-17(3)20(24)22-14-21(7-12-27-15-21)23-8-10-25-11-9-23/h4-6,13,16-17H,7-12,14-15H2,1-3H3,(H,22,24). The summed E-state index contributed by atoms with van der Waals surface area (Å²) in [4.78, 5) is 15.2. The summed E-state index contributed by atoms with van der Waals surface area (Å²) in [6.07, 6.45) is 0.604. The summed E-state index contributed by atoms with van der Waals surface area (Å²) in [7, 11) is 0. The third kappa shape index (κ3) is 5.18. The second-order valence-electron chi connectivity index (χ2n) is 7.83. The molecule has 150 valence electrons. The Labute approximate surface area is 167 Å². The number of hydrogen-bond acceptors (Lipinski definition) is 5. The fraction of sp³-hybridized carbons (Fsp3) is 0.667. The molecular formula is C21H32N2O3S.